The van der Waals surface area contributed by atoms with Gasteiger partial charge in [0.15, 0.2) is 0 Å². The zero-order valence-electron chi connectivity index (χ0n) is 6.96. The molecule has 0 aliphatic rings. The third-order valence-corrected chi connectivity index (χ3v) is 2.15. The predicted octanol–water partition coefficient (Wildman–Crippen LogP) is 2.90. The van der Waals surface area contributed by atoms with Gasteiger partial charge in [0.25, 0.3) is 0 Å². The lowest BCUT2D eigenvalue weighted by Gasteiger charge is -1.99. The molecule has 1 aromatic carbocycles. The molecule has 0 N–H and O–H groups in total. The standard InChI is InChI=1S/C10H4ClFN2/c11-9-3-6(12)4-10-8(9)2-1-7(5-13)14-10/h1-4H. The fourth-order valence-electron chi connectivity index (χ4n) is 1.22. The zero-order chi connectivity index (χ0) is 10.1. The highest BCUT2D eigenvalue weighted by atomic mass is 35.5. The Bertz CT molecular complexity index is 546. The summed E-state index contributed by atoms with van der Waals surface area (Å²) in [5.74, 6) is -0.454. The molecule has 1 heterocycles. The number of pyridine rings is 1. The Kier molecular flexibility index (Phi) is 2.06. The molecule has 2 rings (SSSR count). The summed E-state index contributed by atoms with van der Waals surface area (Å²) in [6, 6.07) is 7.56. The third-order valence-electron chi connectivity index (χ3n) is 1.84. The van der Waals surface area contributed by atoms with E-state index in [4.69, 9.17) is 16.9 Å². The van der Waals surface area contributed by atoms with Gasteiger partial charge in [-0.2, -0.15) is 5.26 Å². The van der Waals surface area contributed by atoms with Crippen molar-refractivity contribution in [3.05, 3.63) is 40.8 Å². The van der Waals surface area contributed by atoms with Gasteiger partial charge in [0, 0.05) is 11.5 Å². The van der Waals surface area contributed by atoms with E-state index in [1.807, 2.05) is 6.07 Å². The second-order valence-electron chi connectivity index (χ2n) is 2.76. The molecular formula is C10H4ClFN2. The summed E-state index contributed by atoms with van der Waals surface area (Å²) >= 11 is 5.79. The van der Waals surface area contributed by atoms with E-state index < -0.39 is 5.82 Å². The van der Waals surface area contributed by atoms with Crippen molar-refractivity contribution in [2.45, 2.75) is 0 Å². The molecule has 0 fully saturated rings. The number of hydrogen-bond acceptors (Lipinski definition) is 2. The van der Waals surface area contributed by atoms with Gasteiger partial charge in [-0.3, -0.25) is 0 Å². The van der Waals surface area contributed by atoms with E-state index in [9.17, 15) is 4.39 Å². The summed E-state index contributed by atoms with van der Waals surface area (Å²) < 4.78 is 12.9. The van der Waals surface area contributed by atoms with E-state index in [1.165, 1.54) is 12.1 Å². The number of hydrogen-bond donors (Lipinski definition) is 0. The molecule has 0 saturated carbocycles. The number of nitriles is 1. The molecular weight excluding hydrogens is 203 g/mol. The minimum absolute atomic E-state index is 0.249. The molecule has 0 spiro atoms. The molecule has 68 valence electrons. The Balaban J connectivity index is 2.83. The quantitative estimate of drug-likeness (QED) is 0.665. The van der Waals surface area contributed by atoms with Crippen LogP contribution in [0, 0.1) is 17.1 Å². The van der Waals surface area contributed by atoms with Gasteiger partial charge in [-0.25, -0.2) is 9.37 Å². The number of fused-ring (bicyclic) bond motifs is 1. The van der Waals surface area contributed by atoms with E-state index in [0.29, 0.717) is 15.9 Å². The van der Waals surface area contributed by atoms with Crippen LogP contribution in [0.5, 0.6) is 0 Å². The van der Waals surface area contributed by atoms with Crippen molar-refractivity contribution in [3.63, 3.8) is 0 Å². The van der Waals surface area contributed by atoms with Crippen LogP contribution in [0.4, 0.5) is 4.39 Å². The minimum atomic E-state index is -0.454. The number of rotatable bonds is 0. The molecule has 0 bridgehead atoms. The normalized spacial score (nSPS) is 10.1. The van der Waals surface area contributed by atoms with Crippen molar-refractivity contribution in [1.82, 2.24) is 4.98 Å². The fraction of sp³-hybridized carbons (Fsp3) is 0. The molecule has 0 amide bonds. The Morgan fingerprint density at radius 2 is 2.14 bits per heavy atom. The highest BCUT2D eigenvalue weighted by Gasteiger charge is 2.04. The Hall–Kier alpha value is -1.66. The summed E-state index contributed by atoms with van der Waals surface area (Å²) in [6.07, 6.45) is 0. The highest BCUT2D eigenvalue weighted by molar-refractivity contribution is 6.35. The molecule has 1 aromatic heterocycles. The van der Waals surface area contributed by atoms with Crippen LogP contribution in [0.25, 0.3) is 10.9 Å². The maximum Gasteiger partial charge on any atom is 0.141 e. The minimum Gasteiger partial charge on any atom is -0.237 e. The first-order valence-electron chi connectivity index (χ1n) is 3.86. The summed E-state index contributed by atoms with van der Waals surface area (Å²) in [4.78, 5) is 3.93. The number of benzene rings is 1. The SMILES string of the molecule is N#Cc1ccc2c(Cl)cc(F)cc2n1. The molecule has 2 nitrogen and oxygen atoms in total. The molecule has 2 aromatic rings. The van der Waals surface area contributed by atoms with Gasteiger partial charge in [0.1, 0.15) is 17.6 Å². The lowest BCUT2D eigenvalue weighted by molar-refractivity contribution is 0.629. The average molecular weight is 207 g/mol. The lowest BCUT2D eigenvalue weighted by atomic mass is 10.2. The van der Waals surface area contributed by atoms with Gasteiger partial charge in [0.2, 0.25) is 0 Å². The van der Waals surface area contributed by atoms with Crippen LogP contribution in [-0.4, -0.2) is 4.98 Å². The van der Waals surface area contributed by atoms with E-state index in [0.717, 1.165) is 0 Å². The van der Waals surface area contributed by atoms with Crippen molar-refractivity contribution in [3.8, 4) is 6.07 Å². The second kappa shape index (κ2) is 3.24. The summed E-state index contributed by atoms with van der Waals surface area (Å²) in [6.45, 7) is 0. The van der Waals surface area contributed by atoms with Crippen LogP contribution in [-0.2, 0) is 0 Å². The summed E-state index contributed by atoms with van der Waals surface area (Å²) in [7, 11) is 0. The van der Waals surface area contributed by atoms with Crippen LogP contribution in [0.3, 0.4) is 0 Å². The first-order valence-corrected chi connectivity index (χ1v) is 4.24. The van der Waals surface area contributed by atoms with Crippen LogP contribution in [0.2, 0.25) is 5.02 Å². The first kappa shape index (κ1) is 8.92. The zero-order valence-corrected chi connectivity index (χ0v) is 7.72. The monoisotopic (exact) mass is 206 g/mol. The Morgan fingerprint density at radius 1 is 1.36 bits per heavy atom. The van der Waals surface area contributed by atoms with Gasteiger partial charge >= 0.3 is 0 Å². The van der Waals surface area contributed by atoms with Crippen LogP contribution in [0.15, 0.2) is 24.3 Å². The maximum atomic E-state index is 12.9. The lowest BCUT2D eigenvalue weighted by Crippen LogP contribution is -1.86. The van der Waals surface area contributed by atoms with Crippen LogP contribution >= 0.6 is 11.6 Å². The van der Waals surface area contributed by atoms with Crippen molar-refractivity contribution in [2.75, 3.05) is 0 Å². The van der Waals surface area contributed by atoms with Crippen molar-refractivity contribution < 1.29 is 4.39 Å². The van der Waals surface area contributed by atoms with E-state index in [2.05, 4.69) is 4.98 Å². The molecule has 0 unspecified atom stereocenters. The van der Waals surface area contributed by atoms with Gasteiger partial charge < -0.3 is 0 Å². The second-order valence-corrected chi connectivity index (χ2v) is 3.17. The van der Waals surface area contributed by atoms with Crippen molar-refractivity contribution in [2.24, 2.45) is 0 Å². The molecule has 0 saturated heterocycles. The average Bonchev–Trinajstić information content (AvgIpc) is 2.16. The largest absolute Gasteiger partial charge is 0.237 e. The molecule has 0 radical (unpaired) electrons. The van der Waals surface area contributed by atoms with Gasteiger partial charge in [-0.1, -0.05) is 11.6 Å². The van der Waals surface area contributed by atoms with Crippen LogP contribution < -0.4 is 0 Å². The van der Waals surface area contributed by atoms with Crippen molar-refractivity contribution in [1.29, 1.82) is 5.26 Å². The van der Waals surface area contributed by atoms with Crippen LogP contribution in [0.1, 0.15) is 5.69 Å². The van der Waals surface area contributed by atoms with Gasteiger partial charge in [0.05, 0.1) is 10.5 Å². The maximum absolute atomic E-state index is 12.9. The van der Waals surface area contributed by atoms with Gasteiger partial charge in [-0.15, -0.1) is 0 Å². The summed E-state index contributed by atoms with van der Waals surface area (Å²) in [5, 5.41) is 9.54. The Labute approximate surface area is 84.6 Å². The van der Waals surface area contributed by atoms with E-state index in [-0.39, 0.29) is 5.69 Å². The molecule has 14 heavy (non-hydrogen) atoms. The fourth-order valence-corrected chi connectivity index (χ4v) is 1.48. The molecule has 4 heteroatoms. The number of aromatic nitrogens is 1. The molecule has 0 aliphatic carbocycles. The van der Waals surface area contributed by atoms with E-state index >= 15 is 0 Å². The smallest absolute Gasteiger partial charge is 0.141 e. The van der Waals surface area contributed by atoms with Crippen molar-refractivity contribution >= 4 is 22.5 Å². The first-order chi connectivity index (χ1) is 6.70. The predicted molar refractivity (Wildman–Crippen MR) is 51.4 cm³/mol. The Morgan fingerprint density at radius 3 is 2.86 bits per heavy atom. The number of halogens is 2. The number of nitrogens with zero attached hydrogens (tertiary/aromatic N) is 2. The topological polar surface area (TPSA) is 36.7 Å². The van der Waals surface area contributed by atoms with E-state index in [1.54, 1.807) is 12.1 Å². The molecule has 0 atom stereocenters. The third kappa shape index (κ3) is 1.40. The molecule has 0 aliphatic heterocycles. The van der Waals surface area contributed by atoms with Gasteiger partial charge in [-0.05, 0) is 18.2 Å². The summed E-state index contributed by atoms with van der Waals surface area (Å²) in [5.41, 5.74) is 0.646. The highest BCUT2D eigenvalue weighted by Crippen LogP contribution is 2.23.